The molecule has 6 heteroatoms. The molecule has 1 unspecified atom stereocenters. The highest BCUT2D eigenvalue weighted by molar-refractivity contribution is 7.89. The first-order chi connectivity index (χ1) is 9.12. The lowest BCUT2D eigenvalue weighted by Crippen LogP contribution is -2.40. The molecule has 1 atom stereocenters. The summed E-state index contributed by atoms with van der Waals surface area (Å²) in [6.45, 7) is 4.28. The number of hydrogen-bond acceptors (Lipinski definition) is 4. The Morgan fingerprint density at radius 2 is 2.11 bits per heavy atom. The van der Waals surface area contributed by atoms with Gasteiger partial charge in [0, 0.05) is 12.6 Å². The third-order valence-electron chi connectivity index (χ3n) is 3.64. The van der Waals surface area contributed by atoms with Gasteiger partial charge in [-0.1, -0.05) is 6.42 Å². The minimum atomic E-state index is -3.12. The molecule has 0 radical (unpaired) electrons. The molecule has 0 saturated carbocycles. The molecule has 108 valence electrons. The highest BCUT2D eigenvalue weighted by Gasteiger charge is 2.23. The molecular formula is C13H22N2O2S2. The van der Waals surface area contributed by atoms with Crippen LogP contribution in [0.2, 0.25) is 0 Å². The molecule has 0 spiro atoms. The van der Waals surface area contributed by atoms with Crippen LogP contribution >= 0.6 is 11.3 Å². The van der Waals surface area contributed by atoms with E-state index in [1.165, 1.54) is 24.8 Å². The molecule has 1 N–H and O–H groups in total. The third kappa shape index (κ3) is 4.27. The molecule has 19 heavy (non-hydrogen) atoms. The molecule has 0 bridgehead atoms. The Kier molecular flexibility index (Phi) is 5.38. The normalized spacial score (nSPS) is 19.4. The molecule has 0 aromatic carbocycles. The Morgan fingerprint density at radius 3 is 2.68 bits per heavy atom. The fourth-order valence-electron chi connectivity index (χ4n) is 2.46. The van der Waals surface area contributed by atoms with Gasteiger partial charge in [0.15, 0.2) is 0 Å². The van der Waals surface area contributed by atoms with Gasteiger partial charge in [0.2, 0.25) is 10.0 Å². The van der Waals surface area contributed by atoms with Crippen molar-refractivity contribution in [3.63, 3.8) is 0 Å². The summed E-state index contributed by atoms with van der Waals surface area (Å²) in [6, 6.07) is 2.28. The van der Waals surface area contributed by atoms with Crippen molar-refractivity contribution >= 4 is 21.4 Å². The summed E-state index contributed by atoms with van der Waals surface area (Å²) >= 11 is 1.67. The van der Waals surface area contributed by atoms with E-state index in [1.54, 1.807) is 18.3 Å². The summed E-state index contributed by atoms with van der Waals surface area (Å²) in [5.74, 6) is 0.142. The summed E-state index contributed by atoms with van der Waals surface area (Å²) in [7, 11) is -3.12. The van der Waals surface area contributed by atoms with Crippen LogP contribution in [0.25, 0.3) is 0 Å². The van der Waals surface area contributed by atoms with E-state index in [2.05, 4.69) is 26.4 Å². The molecule has 1 aliphatic rings. The van der Waals surface area contributed by atoms with Crippen LogP contribution in [0.3, 0.4) is 0 Å². The van der Waals surface area contributed by atoms with Gasteiger partial charge < -0.3 is 0 Å². The zero-order chi connectivity index (χ0) is 13.7. The lowest BCUT2D eigenvalue weighted by molar-refractivity contribution is 0.165. The first kappa shape index (κ1) is 15.0. The van der Waals surface area contributed by atoms with Crippen molar-refractivity contribution in [1.82, 2.24) is 9.62 Å². The quantitative estimate of drug-likeness (QED) is 0.876. The zero-order valence-corrected chi connectivity index (χ0v) is 13.0. The van der Waals surface area contributed by atoms with Gasteiger partial charge in [0.1, 0.15) is 0 Å². The lowest BCUT2D eigenvalue weighted by atomic mass is 10.0. The Balaban J connectivity index is 2.06. The molecule has 4 nitrogen and oxygen atoms in total. The predicted molar refractivity (Wildman–Crippen MR) is 79.9 cm³/mol. The van der Waals surface area contributed by atoms with E-state index in [0.29, 0.717) is 6.54 Å². The van der Waals surface area contributed by atoms with E-state index in [-0.39, 0.29) is 11.8 Å². The Hall–Kier alpha value is -0.430. The largest absolute Gasteiger partial charge is 0.295 e. The van der Waals surface area contributed by atoms with Crippen LogP contribution in [0.4, 0.5) is 0 Å². The van der Waals surface area contributed by atoms with Gasteiger partial charge in [0.05, 0.1) is 5.75 Å². The highest BCUT2D eigenvalue weighted by atomic mass is 32.2. The maximum atomic E-state index is 11.6. The molecule has 0 amide bonds. The molecule has 1 aromatic rings. The first-order valence-electron chi connectivity index (χ1n) is 6.86. The van der Waals surface area contributed by atoms with Gasteiger partial charge in [-0.2, -0.15) is 11.3 Å². The number of sulfonamides is 1. The summed E-state index contributed by atoms with van der Waals surface area (Å²) in [6.07, 6.45) is 3.70. The summed E-state index contributed by atoms with van der Waals surface area (Å²) in [5, 5.41) is 4.18. The van der Waals surface area contributed by atoms with Crippen molar-refractivity contribution in [2.45, 2.75) is 32.2 Å². The molecule has 0 aliphatic carbocycles. The predicted octanol–water partition coefficient (Wildman–Crippen LogP) is 2.21. The lowest BCUT2D eigenvalue weighted by Gasteiger charge is -2.34. The van der Waals surface area contributed by atoms with E-state index >= 15 is 0 Å². The van der Waals surface area contributed by atoms with Crippen LogP contribution in [0, 0.1) is 0 Å². The SMILES string of the molecule is CCS(=O)(=O)NCC(c1ccsc1)N1CCCCC1. The number of rotatable bonds is 6. The highest BCUT2D eigenvalue weighted by Crippen LogP contribution is 2.25. The first-order valence-corrected chi connectivity index (χ1v) is 9.45. The summed E-state index contributed by atoms with van der Waals surface area (Å²) < 4.78 is 26.0. The zero-order valence-electron chi connectivity index (χ0n) is 11.3. The standard InChI is InChI=1S/C13H22N2O2S2/c1-2-19(16,17)14-10-13(12-6-9-18-11-12)15-7-4-3-5-8-15/h6,9,11,13-14H,2-5,7-8,10H2,1H3. The molecule has 2 heterocycles. The molecule has 2 rings (SSSR count). The van der Waals surface area contributed by atoms with E-state index in [0.717, 1.165) is 13.1 Å². The molecule has 1 fully saturated rings. The number of likely N-dealkylation sites (tertiary alicyclic amines) is 1. The molecule has 1 saturated heterocycles. The van der Waals surface area contributed by atoms with E-state index in [9.17, 15) is 8.42 Å². The fourth-order valence-corrected chi connectivity index (χ4v) is 3.78. The number of thiophene rings is 1. The van der Waals surface area contributed by atoms with Crippen LogP contribution in [0.15, 0.2) is 16.8 Å². The van der Waals surface area contributed by atoms with Crippen LogP contribution in [0.1, 0.15) is 37.8 Å². The van der Waals surface area contributed by atoms with Gasteiger partial charge in [-0.25, -0.2) is 13.1 Å². The van der Waals surface area contributed by atoms with Crippen LogP contribution < -0.4 is 4.72 Å². The van der Waals surface area contributed by atoms with Gasteiger partial charge in [-0.15, -0.1) is 0 Å². The van der Waals surface area contributed by atoms with Crippen molar-refractivity contribution in [3.05, 3.63) is 22.4 Å². The van der Waals surface area contributed by atoms with Crippen LogP contribution in [-0.2, 0) is 10.0 Å². The monoisotopic (exact) mass is 302 g/mol. The maximum Gasteiger partial charge on any atom is 0.211 e. The minimum Gasteiger partial charge on any atom is -0.295 e. The van der Waals surface area contributed by atoms with Crippen molar-refractivity contribution in [2.75, 3.05) is 25.4 Å². The Bertz CT molecular complexity index is 465. The average molecular weight is 302 g/mol. The van der Waals surface area contributed by atoms with Crippen molar-refractivity contribution < 1.29 is 8.42 Å². The maximum absolute atomic E-state index is 11.6. The number of piperidine rings is 1. The van der Waals surface area contributed by atoms with E-state index in [1.807, 2.05) is 0 Å². The Labute approximate surface area is 119 Å². The Morgan fingerprint density at radius 1 is 1.37 bits per heavy atom. The fraction of sp³-hybridized carbons (Fsp3) is 0.692. The average Bonchev–Trinajstić information content (AvgIpc) is 2.94. The molecule has 1 aliphatic heterocycles. The summed E-state index contributed by atoms with van der Waals surface area (Å²) in [4.78, 5) is 2.41. The second-order valence-corrected chi connectivity index (χ2v) is 7.80. The van der Waals surface area contributed by atoms with E-state index in [4.69, 9.17) is 0 Å². The topological polar surface area (TPSA) is 49.4 Å². The van der Waals surface area contributed by atoms with Crippen LogP contribution in [0.5, 0.6) is 0 Å². The second kappa shape index (κ2) is 6.83. The summed E-state index contributed by atoms with van der Waals surface area (Å²) in [5.41, 5.74) is 1.23. The second-order valence-electron chi connectivity index (χ2n) is 4.92. The van der Waals surface area contributed by atoms with E-state index < -0.39 is 10.0 Å². The number of hydrogen-bond donors (Lipinski definition) is 1. The van der Waals surface area contributed by atoms with Gasteiger partial charge in [-0.05, 0) is 55.2 Å². The molecule has 1 aromatic heterocycles. The van der Waals surface area contributed by atoms with Crippen molar-refractivity contribution in [2.24, 2.45) is 0 Å². The third-order valence-corrected chi connectivity index (χ3v) is 5.70. The van der Waals surface area contributed by atoms with Gasteiger partial charge >= 0.3 is 0 Å². The van der Waals surface area contributed by atoms with Gasteiger partial charge in [0.25, 0.3) is 0 Å². The van der Waals surface area contributed by atoms with Gasteiger partial charge in [-0.3, -0.25) is 4.90 Å². The molecular weight excluding hydrogens is 280 g/mol. The number of nitrogens with one attached hydrogen (secondary N) is 1. The number of nitrogens with zero attached hydrogens (tertiary/aromatic N) is 1. The van der Waals surface area contributed by atoms with Crippen LogP contribution in [-0.4, -0.2) is 38.7 Å². The smallest absolute Gasteiger partial charge is 0.211 e. The van der Waals surface area contributed by atoms with Crippen molar-refractivity contribution in [3.8, 4) is 0 Å². The van der Waals surface area contributed by atoms with Crippen molar-refractivity contribution in [1.29, 1.82) is 0 Å². The minimum absolute atomic E-state index is 0.142.